The molecule has 4 N–H and O–H groups in total. The van der Waals surface area contributed by atoms with E-state index in [2.05, 4.69) is 30.3 Å². The summed E-state index contributed by atoms with van der Waals surface area (Å²) in [6, 6.07) is -8.15. The quantitative estimate of drug-likeness (QED) is 0.226. The van der Waals surface area contributed by atoms with Crippen LogP contribution in [0.1, 0.15) is 71.1 Å². The molecule has 2 aliphatic carbocycles. The maximum absolute atomic E-state index is 14.9. The SMILES string of the molecule is [2H]c1c([2H])c([C@@]2([2H])[C@H](Nc3nc(SCCC)nc4c3nnn4[C@]3([2H])C([2H])([2H])[C@]([2H])(OC([2H])([2H])C([2H])([2H])O)[C@@]([2H])(O)[C@@]3([2H])O)C2([2H])[2H])c([2H])c(F)c1C. The van der Waals surface area contributed by atoms with Crippen LogP contribution in [-0.2, 0) is 4.74 Å². The molecule has 194 valence electrons. The molecule has 10 nitrogen and oxygen atoms in total. The number of hydrogen-bond donors (Lipinski definition) is 4. The summed E-state index contributed by atoms with van der Waals surface area (Å²) in [5.41, 5.74) is -2.47. The first-order valence-corrected chi connectivity index (χ1v) is 11.5. The molecule has 0 saturated heterocycles. The van der Waals surface area contributed by atoms with Crippen molar-refractivity contribution in [3.63, 3.8) is 0 Å². The minimum atomic E-state index is -4.37. The summed E-state index contributed by atoms with van der Waals surface area (Å²) >= 11 is 0.929. The van der Waals surface area contributed by atoms with Crippen molar-refractivity contribution in [2.75, 3.05) is 24.2 Å². The highest BCUT2D eigenvalue weighted by Gasteiger charge is 2.45. The van der Waals surface area contributed by atoms with Gasteiger partial charge in [-0.2, -0.15) is 0 Å². The zero-order valence-corrected chi connectivity index (χ0v) is 19.6. The van der Waals surface area contributed by atoms with Gasteiger partial charge in [-0.1, -0.05) is 36.0 Å². The first-order chi connectivity index (χ1) is 23.4. The number of fused-ring (bicyclic) bond motifs is 1. The van der Waals surface area contributed by atoms with Crippen LogP contribution in [0.2, 0.25) is 0 Å². The van der Waals surface area contributed by atoms with E-state index in [0.717, 1.165) is 18.7 Å². The van der Waals surface area contributed by atoms with Gasteiger partial charge in [0.15, 0.2) is 22.1 Å². The molecule has 6 atom stereocenters. The fourth-order valence-corrected chi connectivity index (χ4v) is 3.90. The average molecular weight is 535 g/mol. The van der Waals surface area contributed by atoms with E-state index in [1.807, 2.05) is 0 Å². The Labute approximate surface area is 234 Å². The Bertz CT molecular complexity index is 1940. The fourth-order valence-electron chi connectivity index (χ4n) is 3.21. The molecule has 2 saturated carbocycles. The van der Waals surface area contributed by atoms with Crippen LogP contribution in [0.5, 0.6) is 0 Å². The molecule has 5 rings (SSSR count). The van der Waals surface area contributed by atoms with Crippen LogP contribution in [0.3, 0.4) is 0 Å². The molecule has 2 fully saturated rings. The van der Waals surface area contributed by atoms with Gasteiger partial charge in [0.2, 0.25) is 0 Å². The first-order valence-electron chi connectivity index (χ1n) is 18.5. The third-order valence-electron chi connectivity index (χ3n) is 5.02. The highest BCUT2D eigenvalue weighted by molar-refractivity contribution is 7.99. The lowest BCUT2D eigenvalue weighted by Crippen LogP contribution is -2.33. The molecule has 0 spiro atoms. The number of halogens is 1. The molecular formula is C24H31FN6O4S. The molecule has 1 aromatic carbocycles. The number of anilines is 1. The molecule has 2 heterocycles. The van der Waals surface area contributed by atoms with E-state index in [1.54, 1.807) is 6.92 Å². The van der Waals surface area contributed by atoms with Crippen molar-refractivity contribution < 1.29 is 46.4 Å². The van der Waals surface area contributed by atoms with Gasteiger partial charge in [0, 0.05) is 30.9 Å². The normalized spacial score (nSPS) is 47.9. The predicted octanol–water partition coefficient (Wildman–Crippen LogP) is 2.18. The van der Waals surface area contributed by atoms with Gasteiger partial charge >= 0.3 is 0 Å². The Balaban J connectivity index is 1.71. The summed E-state index contributed by atoms with van der Waals surface area (Å²) in [6.45, 7) is -5.21. The second kappa shape index (κ2) is 10.5. The molecule has 0 bridgehead atoms. The van der Waals surface area contributed by atoms with Crippen molar-refractivity contribution in [1.82, 2.24) is 25.0 Å². The van der Waals surface area contributed by atoms with Crippen molar-refractivity contribution in [1.29, 1.82) is 0 Å². The van der Waals surface area contributed by atoms with E-state index in [-0.39, 0.29) is 15.4 Å². The zero-order valence-electron chi connectivity index (χ0n) is 34.8. The Morgan fingerprint density at radius 2 is 2.19 bits per heavy atom. The number of benzene rings is 1. The molecule has 2 aliphatic rings. The third kappa shape index (κ3) is 4.92. The van der Waals surface area contributed by atoms with E-state index in [1.165, 1.54) is 0 Å². The van der Waals surface area contributed by atoms with E-state index >= 15 is 0 Å². The van der Waals surface area contributed by atoms with Gasteiger partial charge in [-0.3, -0.25) is 0 Å². The summed E-state index contributed by atoms with van der Waals surface area (Å²) in [7, 11) is 0. The van der Waals surface area contributed by atoms with Crippen LogP contribution in [0.25, 0.3) is 11.2 Å². The number of nitrogens with one attached hydrogen (secondary N) is 1. The van der Waals surface area contributed by atoms with Crippen molar-refractivity contribution >= 4 is 28.7 Å². The highest BCUT2D eigenvalue weighted by atomic mass is 32.2. The van der Waals surface area contributed by atoms with Gasteiger partial charge < -0.3 is 25.4 Å². The maximum Gasteiger partial charge on any atom is 0.191 e. The molecule has 0 unspecified atom stereocenters. The molecule has 36 heavy (non-hydrogen) atoms. The molecular weight excluding hydrogens is 487 g/mol. The fraction of sp³-hybridized carbons (Fsp3) is 0.583. The monoisotopic (exact) mass is 534 g/mol. The van der Waals surface area contributed by atoms with E-state index in [4.69, 9.17) is 21.9 Å². The topological polar surface area (TPSA) is 138 Å². The van der Waals surface area contributed by atoms with Gasteiger partial charge in [0.1, 0.15) is 18.0 Å². The Morgan fingerprint density at radius 3 is 2.97 bits per heavy atom. The number of hydrogen-bond acceptors (Lipinski definition) is 10. The summed E-state index contributed by atoms with van der Waals surface area (Å²) < 4.78 is 152. The average Bonchev–Trinajstić information content (AvgIpc) is 3.27. The van der Waals surface area contributed by atoms with E-state index < -0.39 is 109 Å². The lowest BCUT2D eigenvalue weighted by atomic mass is 10.1. The summed E-state index contributed by atoms with van der Waals surface area (Å²) in [6.07, 6.45) is -19.2. The van der Waals surface area contributed by atoms with Crippen LogP contribution in [0.15, 0.2) is 23.3 Å². The van der Waals surface area contributed by atoms with Gasteiger partial charge in [-0.05, 0) is 36.9 Å². The zero-order chi connectivity index (χ0) is 39.8. The van der Waals surface area contributed by atoms with Gasteiger partial charge in [0.05, 0.1) is 40.3 Å². The lowest BCUT2D eigenvalue weighted by Gasteiger charge is -2.17. The minimum absolute atomic E-state index is 0.0571. The molecule has 2 aromatic heterocycles. The Morgan fingerprint density at radius 1 is 1.36 bits per heavy atom. The van der Waals surface area contributed by atoms with Crippen LogP contribution in [-0.4, -0.2) is 83.4 Å². The van der Waals surface area contributed by atoms with Gasteiger partial charge in [0.25, 0.3) is 0 Å². The third-order valence-corrected chi connectivity index (χ3v) is 6.07. The minimum Gasteiger partial charge on any atom is -0.394 e. The predicted molar refractivity (Wildman–Crippen MR) is 133 cm³/mol. The number of ether oxygens (including phenoxy) is 1. The molecule has 3 aromatic rings. The second-order valence-corrected chi connectivity index (χ2v) is 8.58. The van der Waals surface area contributed by atoms with E-state index in [9.17, 15) is 19.7 Å². The Kier molecular flexibility index (Phi) is 3.64. The molecule has 0 aliphatic heterocycles. The summed E-state index contributed by atoms with van der Waals surface area (Å²) in [4.78, 5) is 8.40. The first kappa shape index (κ1) is 12.4. The summed E-state index contributed by atoms with van der Waals surface area (Å²) in [5, 5.41) is 41.7. The van der Waals surface area contributed by atoms with Crippen molar-refractivity contribution in [2.24, 2.45) is 0 Å². The second-order valence-electron chi connectivity index (χ2n) is 7.52. The van der Waals surface area contributed by atoms with Crippen LogP contribution in [0.4, 0.5) is 10.2 Å². The number of aromatic nitrogens is 5. The molecule has 0 amide bonds. The van der Waals surface area contributed by atoms with Crippen LogP contribution < -0.4 is 5.32 Å². The lowest BCUT2D eigenvalue weighted by molar-refractivity contribution is -0.0629. The number of nitrogens with zero attached hydrogens (tertiary/aromatic N) is 5. The highest BCUT2D eigenvalue weighted by Crippen LogP contribution is 2.44. The van der Waals surface area contributed by atoms with Crippen molar-refractivity contribution in [2.45, 2.75) is 74.4 Å². The van der Waals surface area contributed by atoms with Crippen LogP contribution >= 0.6 is 11.8 Å². The van der Waals surface area contributed by atoms with Crippen molar-refractivity contribution in [3.8, 4) is 0 Å². The number of thioether (sulfide) groups is 1. The Hall–Kier alpha value is -2.38. The van der Waals surface area contributed by atoms with Crippen molar-refractivity contribution in [3.05, 3.63) is 35.1 Å². The molecule has 0 radical (unpaired) electrons. The standard InChI is InChI=1S/C24H31FN6O4S/c1-3-8-36-24-27-22(26-16-10-14(16)13-5-4-12(2)15(25)9-13)19-23(28-24)31(30-29-19)17-11-18(35-7-6-32)21(34)20(17)33/h4-5,9,14,16-18,20-21,32-34H,3,6-8,10-11H2,1-2H3,(H,26,27,28)/t14-,16+,17+,18-,20-,21+/m0/s1/i4D,5D,6D2,7D2,9D,10D2,11D2,14D,17D,18D,20D,21D. The van der Waals surface area contributed by atoms with Crippen LogP contribution in [0, 0.1) is 12.7 Å². The van der Waals surface area contributed by atoms with Gasteiger partial charge in [-0.25, -0.2) is 19.0 Å². The number of aliphatic hydroxyl groups is 3. The largest absolute Gasteiger partial charge is 0.394 e. The maximum atomic E-state index is 14.9. The number of rotatable bonds is 10. The van der Waals surface area contributed by atoms with E-state index in [0.29, 0.717) is 12.2 Å². The summed E-state index contributed by atoms with van der Waals surface area (Å²) in [5.74, 6) is -4.01. The molecule has 12 heteroatoms. The van der Waals surface area contributed by atoms with Gasteiger partial charge in [-0.15, -0.1) is 5.10 Å². The smallest absolute Gasteiger partial charge is 0.191 e.